The van der Waals surface area contributed by atoms with Gasteiger partial charge in [0.25, 0.3) is 0 Å². The molecule has 1 fully saturated rings. The number of carboxylic acids is 1. The molecule has 0 aromatic carbocycles. The van der Waals surface area contributed by atoms with Crippen LogP contribution in [0.3, 0.4) is 0 Å². The van der Waals surface area contributed by atoms with Crippen molar-refractivity contribution in [3.05, 3.63) is 12.7 Å². The molecule has 102 valence electrons. The molecule has 0 aromatic rings. The standard InChI is InChI=1S/C13H22N2O3/c1-2-3-4-5-6-8-15-9-7-14-13(18)11(15)10-12(16)17/h2,11H,1,3-10H2,(H,14,18)(H,16,17). The summed E-state index contributed by atoms with van der Waals surface area (Å²) in [5.74, 6) is -1.08. The molecule has 0 aromatic heterocycles. The van der Waals surface area contributed by atoms with E-state index >= 15 is 0 Å². The molecular weight excluding hydrogens is 232 g/mol. The van der Waals surface area contributed by atoms with Crippen molar-refractivity contribution < 1.29 is 14.7 Å². The van der Waals surface area contributed by atoms with Crippen molar-refractivity contribution >= 4 is 11.9 Å². The molecule has 18 heavy (non-hydrogen) atoms. The second kappa shape index (κ2) is 7.87. The highest BCUT2D eigenvalue weighted by Gasteiger charge is 2.30. The van der Waals surface area contributed by atoms with E-state index in [0.29, 0.717) is 6.54 Å². The third-order valence-corrected chi connectivity index (χ3v) is 3.16. The first kappa shape index (κ1) is 14.7. The summed E-state index contributed by atoms with van der Waals surface area (Å²) < 4.78 is 0. The van der Waals surface area contributed by atoms with Crippen LogP contribution in [0.15, 0.2) is 12.7 Å². The zero-order chi connectivity index (χ0) is 13.4. The lowest BCUT2D eigenvalue weighted by molar-refractivity contribution is -0.143. The Morgan fingerprint density at radius 2 is 2.28 bits per heavy atom. The Hall–Kier alpha value is -1.36. The van der Waals surface area contributed by atoms with Gasteiger partial charge in [-0.1, -0.05) is 12.5 Å². The van der Waals surface area contributed by atoms with E-state index in [2.05, 4.69) is 11.9 Å². The highest BCUT2D eigenvalue weighted by molar-refractivity contribution is 5.86. The summed E-state index contributed by atoms with van der Waals surface area (Å²) in [6.45, 7) is 5.82. The number of piperazine rings is 1. The Balaban J connectivity index is 2.37. The SMILES string of the molecule is C=CCCCCCN1CCNC(=O)C1CC(=O)O. The number of unbranched alkanes of at least 4 members (excludes halogenated alkanes) is 3. The van der Waals surface area contributed by atoms with Crippen LogP contribution in [0, 0.1) is 0 Å². The molecule has 1 rings (SSSR count). The van der Waals surface area contributed by atoms with Gasteiger partial charge in [0, 0.05) is 13.1 Å². The molecule has 1 unspecified atom stereocenters. The van der Waals surface area contributed by atoms with Gasteiger partial charge in [0.15, 0.2) is 0 Å². The number of nitrogens with one attached hydrogen (secondary N) is 1. The molecule has 1 atom stereocenters. The molecule has 1 aliphatic heterocycles. The van der Waals surface area contributed by atoms with Crippen LogP contribution in [0.5, 0.6) is 0 Å². The van der Waals surface area contributed by atoms with Crippen LogP contribution in [0.25, 0.3) is 0 Å². The third kappa shape index (κ3) is 4.87. The van der Waals surface area contributed by atoms with E-state index in [-0.39, 0.29) is 12.3 Å². The Labute approximate surface area is 108 Å². The molecule has 1 saturated heterocycles. The maximum atomic E-state index is 11.6. The summed E-state index contributed by atoms with van der Waals surface area (Å²) in [6.07, 6.45) is 5.99. The first-order valence-corrected chi connectivity index (χ1v) is 6.49. The van der Waals surface area contributed by atoms with Crippen LogP contribution < -0.4 is 5.32 Å². The molecular formula is C13H22N2O3. The van der Waals surface area contributed by atoms with Gasteiger partial charge in [-0.2, -0.15) is 0 Å². The maximum absolute atomic E-state index is 11.6. The van der Waals surface area contributed by atoms with E-state index in [1.54, 1.807) is 0 Å². The monoisotopic (exact) mass is 254 g/mol. The van der Waals surface area contributed by atoms with E-state index < -0.39 is 12.0 Å². The molecule has 5 heteroatoms. The molecule has 0 spiro atoms. The minimum absolute atomic E-state index is 0.113. The number of amides is 1. The van der Waals surface area contributed by atoms with Gasteiger partial charge < -0.3 is 10.4 Å². The number of nitrogens with zero attached hydrogens (tertiary/aromatic N) is 1. The summed E-state index contributed by atoms with van der Waals surface area (Å²) in [5, 5.41) is 11.5. The first-order valence-electron chi connectivity index (χ1n) is 6.49. The van der Waals surface area contributed by atoms with Gasteiger partial charge in [-0.15, -0.1) is 6.58 Å². The molecule has 0 radical (unpaired) electrons. The van der Waals surface area contributed by atoms with Crippen molar-refractivity contribution in [3.63, 3.8) is 0 Å². The van der Waals surface area contributed by atoms with Crippen LogP contribution in [0.1, 0.15) is 32.1 Å². The minimum Gasteiger partial charge on any atom is -0.481 e. The van der Waals surface area contributed by atoms with E-state index in [1.807, 2.05) is 11.0 Å². The fourth-order valence-electron chi connectivity index (χ4n) is 2.20. The number of carbonyl (C=O) groups excluding carboxylic acids is 1. The van der Waals surface area contributed by atoms with Crippen molar-refractivity contribution in [1.29, 1.82) is 0 Å². The fourth-order valence-corrected chi connectivity index (χ4v) is 2.20. The molecule has 5 nitrogen and oxygen atoms in total. The molecule has 1 amide bonds. The predicted octanol–water partition coefficient (Wildman–Crippen LogP) is 1.01. The van der Waals surface area contributed by atoms with Gasteiger partial charge in [0.2, 0.25) is 5.91 Å². The predicted molar refractivity (Wildman–Crippen MR) is 69.3 cm³/mol. The van der Waals surface area contributed by atoms with Gasteiger partial charge in [0.05, 0.1) is 12.5 Å². The van der Waals surface area contributed by atoms with E-state index in [0.717, 1.165) is 38.8 Å². The quantitative estimate of drug-likeness (QED) is 0.501. The molecule has 0 aliphatic carbocycles. The summed E-state index contributed by atoms with van der Waals surface area (Å²) in [6, 6.07) is -0.504. The second-order valence-electron chi connectivity index (χ2n) is 4.58. The largest absolute Gasteiger partial charge is 0.481 e. The average molecular weight is 254 g/mol. The number of carboxylic acid groups (broad SMARTS) is 1. The Morgan fingerprint density at radius 3 is 2.94 bits per heavy atom. The molecule has 0 bridgehead atoms. The van der Waals surface area contributed by atoms with Crippen LogP contribution in [0.2, 0.25) is 0 Å². The fraction of sp³-hybridized carbons (Fsp3) is 0.692. The van der Waals surface area contributed by atoms with E-state index in [1.165, 1.54) is 0 Å². The van der Waals surface area contributed by atoms with Crippen LogP contribution >= 0.6 is 0 Å². The number of hydrogen-bond acceptors (Lipinski definition) is 3. The summed E-state index contributed by atoms with van der Waals surface area (Å²) >= 11 is 0. The third-order valence-electron chi connectivity index (χ3n) is 3.16. The van der Waals surface area contributed by atoms with Crippen molar-refractivity contribution in [2.24, 2.45) is 0 Å². The zero-order valence-electron chi connectivity index (χ0n) is 10.7. The molecule has 0 saturated carbocycles. The number of carbonyl (C=O) groups is 2. The van der Waals surface area contributed by atoms with Crippen molar-refractivity contribution in [3.8, 4) is 0 Å². The zero-order valence-corrected chi connectivity index (χ0v) is 10.7. The Kier molecular flexibility index (Phi) is 6.43. The number of rotatable bonds is 8. The van der Waals surface area contributed by atoms with Crippen LogP contribution in [-0.4, -0.2) is 47.6 Å². The Bertz CT molecular complexity index is 305. The topological polar surface area (TPSA) is 69.6 Å². The lowest BCUT2D eigenvalue weighted by atomic mass is 10.1. The van der Waals surface area contributed by atoms with Gasteiger partial charge in [0.1, 0.15) is 0 Å². The smallest absolute Gasteiger partial charge is 0.305 e. The first-order chi connectivity index (χ1) is 8.65. The second-order valence-corrected chi connectivity index (χ2v) is 4.58. The average Bonchev–Trinajstić information content (AvgIpc) is 2.32. The van der Waals surface area contributed by atoms with Crippen molar-refractivity contribution in [1.82, 2.24) is 10.2 Å². The lowest BCUT2D eigenvalue weighted by Gasteiger charge is -2.34. The van der Waals surface area contributed by atoms with Crippen molar-refractivity contribution in [2.45, 2.75) is 38.1 Å². The maximum Gasteiger partial charge on any atom is 0.305 e. The normalized spacial score (nSPS) is 20.4. The minimum atomic E-state index is -0.922. The lowest BCUT2D eigenvalue weighted by Crippen LogP contribution is -2.56. The van der Waals surface area contributed by atoms with Crippen LogP contribution in [0.4, 0.5) is 0 Å². The number of aliphatic carboxylic acids is 1. The van der Waals surface area contributed by atoms with Gasteiger partial charge in [-0.3, -0.25) is 14.5 Å². The Morgan fingerprint density at radius 1 is 1.50 bits per heavy atom. The van der Waals surface area contributed by atoms with Gasteiger partial charge in [-0.05, 0) is 25.8 Å². The summed E-state index contributed by atoms with van der Waals surface area (Å²) in [5.41, 5.74) is 0. The van der Waals surface area contributed by atoms with E-state index in [9.17, 15) is 9.59 Å². The summed E-state index contributed by atoms with van der Waals surface area (Å²) in [4.78, 5) is 24.4. The molecule has 2 N–H and O–H groups in total. The van der Waals surface area contributed by atoms with Crippen molar-refractivity contribution in [2.75, 3.05) is 19.6 Å². The molecule has 1 heterocycles. The highest BCUT2D eigenvalue weighted by Crippen LogP contribution is 2.11. The number of hydrogen-bond donors (Lipinski definition) is 2. The highest BCUT2D eigenvalue weighted by atomic mass is 16.4. The van der Waals surface area contributed by atoms with Gasteiger partial charge in [-0.25, -0.2) is 0 Å². The van der Waals surface area contributed by atoms with Crippen LogP contribution in [-0.2, 0) is 9.59 Å². The summed E-state index contributed by atoms with van der Waals surface area (Å²) in [7, 11) is 0. The number of allylic oxidation sites excluding steroid dienone is 1. The van der Waals surface area contributed by atoms with Gasteiger partial charge >= 0.3 is 5.97 Å². The molecule has 1 aliphatic rings. The van der Waals surface area contributed by atoms with E-state index in [4.69, 9.17) is 5.11 Å².